The Morgan fingerprint density at radius 1 is 1.09 bits per heavy atom. The van der Waals surface area contributed by atoms with Gasteiger partial charge in [-0.3, -0.25) is 14.4 Å². The summed E-state index contributed by atoms with van der Waals surface area (Å²) in [7, 11) is 0. The van der Waals surface area contributed by atoms with Crippen molar-refractivity contribution < 1.29 is 39.2 Å². The van der Waals surface area contributed by atoms with Crippen LogP contribution in [0.25, 0.3) is 0 Å². The Labute approximate surface area is 188 Å². The zero-order valence-electron chi connectivity index (χ0n) is 19.2. The highest BCUT2D eigenvalue weighted by Crippen LogP contribution is 2.71. The van der Waals surface area contributed by atoms with E-state index in [1.54, 1.807) is 0 Å². The topological polar surface area (TPSA) is 130 Å². The van der Waals surface area contributed by atoms with E-state index in [-0.39, 0.29) is 36.7 Å². The van der Waals surface area contributed by atoms with Crippen molar-refractivity contribution in [3.63, 3.8) is 0 Å². The number of ether oxygens (including phenoxy) is 2. The number of hydrogen-bond donors (Lipinski definition) is 3. The van der Waals surface area contributed by atoms with E-state index >= 15 is 0 Å². The Hall–Kier alpha value is -1.77. The SMILES string of the molecule is C=C1C(=O)[C@@]23[C@H](O)C[C@@H]4[C@@](C)(COC(C)=O)[C@@H](OC(C)=O)CC[C@@]4(C)[C@@H]2C[C@H](O)[C@@H]1[C@@H]3O. The number of carbonyl (C=O) groups is 3. The quantitative estimate of drug-likeness (QED) is 0.431. The predicted molar refractivity (Wildman–Crippen MR) is 112 cm³/mol. The van der Waals surface area contributed by atoms with Crippen LogP contribution in [-0.2, 0) is 23.9 Å². The summed E-state index contributed by atoms with van der Waals surface area (Å²) in [4.78, 5) is 36.9. The van der Waals surface area contributed by atoms with Gasteiger partial charge in [0.15, 0.2) is 5.78 Å². The van der Waals surface area contributed by atoms with E-state index < -0.39 is 64.4 Å². The number of ketones is 1. The second-order valence-electron chi connectivity index (χ2n) is 10.8. The van der Waals surface area contributed by atoms with Crippen LogP contribution in [0, 0.1) is 34.0 Å². The van der Waals surface area contributed by atoms with Crippen LogP contribution < -0.4 is 0 Å². The summed E-state index contributed by atoms with van der Waals surface area (Å²) in [5.41, 5.74) is -2.59. The lowest BCUT2D eigenvalue weighted by molar-refractivity contribution is -0.259. The molecule has 10 atom stereocenters. The van der Waals surface area contributed by atoms with Crippen molar-refractivity contribution in [2.24, 2.45) is 34.0 Å². The van der Waals surface area contributed by atoms with Gasteiger partial charge >= 0.3 is 11.9 Å². The number of fused-ring (bicyclic) bond motifs is 3. The lowest BCUT2D eigenvalue weighted by Crippen LogP contribution is -2.70. The Balaban J connectivity index is 1.82. The molecular weight excluding hydrogens is 416 g/mol. The molecule has 2 bridgehead atoms. The summed E-state index contributed by atoms with van der Waals surface area (Å²) < 4.78 is 11.1. The van der Waals surface area contributed by atoms with Crippen LogP contribution in [0.1, 0.15) is 53.4 Å². The lowest BCUT2D eigenvalue weighted by Gasteiger charge is -2.66. The van der Waals surface area contributed by atoms with E-state index in [1.165, 1.54) is 13.8 Å². The first-order valence-electron chi connectivity index (χ1n) is 11.4. The number of aliphatic hydroxyl groups excluding tert-OH is 3. The molecular formula is C24H34O8. The average molecular weight is 451 g/mol. The third-order valence-electron chi connectivity index (χ3n) is 9.36. The van der Waals surface area contributed by atoms with Crippen molar-refractivity contribution in [3.05, 3.63) is 12.2 Å². The molecule has 0 aromatic heterocycles. The lowest BCUT2D eigenvalue weighted by atomic mass is 9.39. The van der Waals surface area contributed by atoms with Crippen LogP contribution in [0.4, 0.5) is 0 Å². The van der Waals surface area contributed by atoms with Gasteiger partial charge in [0.2, 0.25) is 0 Å². The minimum atomic E-state index is -1.40. The van der Waals surface area contributed by atoms with Crippen LogP contribution in [-0.4, -0.2) is 64.1 Å². The Kier molecular flexibility index (Phi) is 5.39. The summed E-state index contributed by atoms with van der Waals surface area (Å²) in [5, 5.41) is 33.5. The molecule has 1 spiro atoms. The van der Waals surface area contributed by atoms with E-state index in [0.29, 0.717) is 12.8 Å². The average Bonchev–Trinajstić information content (AvgIpc) is 2.83. The normalized spacial score (nSPS) is 49.8. The maximum atomic E-state index is 13.4. The maximum Gasteiger partial charge on any atom is 0.302 e. The zero-order chi connectivity index (χ0) is 23.8. The molecule has 0 radical (unpaired) electrons. The second kappa shape index (κ2) is 7.37. The number of carbonyl (C=O) groups excluding carboxylic acids is 3. The molecule has 4 fully saturated rings. The van der Waals surface area contributed by atoms with Crippen molar-refractivity contribution in [1.29, 1.82) is 0 Å². The smallest absolute Gasteiger partial charge is 0.302 e. The Bertz CT molecular complexity index is 868. The number of aliphatic hydroxyl groups is 3. The van der Waals surface area contributed by atoms with Gasteiger partial charge in [-0.15, -0.1) is 0 Å². The molecule has 0 heterocycles. The van der Waals surface area contributed by atoms with Crippen molar-refractivity contribution in [2.75, 3.05) is 6.61 Å². The first-order valence-corrected chi connectivity index (χ1v) is 11.4. The zero-order valence-corrected chi connectivity index (χ0v) is 19.2. The third kappa shape index (κ3) is 2.82. The molecule has 0 aromatic rings. The molecule has 0 amide bonds. The van der Waals surface area contributed by atoms with Gasteiger partial charge in [0.25, 0.3) is 0 Å². The highest BCUT2D eigenvalue weighted by atomic mass is 16.6. The van der Waals surface area contributed by atoms with Crippen LogP contribution in [0.3, 0.4) is 0 Å². The van der Waals surface area contributed by atoms with Gasteiger partial charge in [-0.05, 0) is 48.5 Å². The Morgan fingerprint density at radius 3 is 2.34 bits per heavy atom. The van der Waals surface area contributed by atoms with Gasteiger partial charge in [-0.2, -0.15) is 0 Å². The monoisotopic (exact) mass is 450 g/mol. The summed E-state index contributed by atoms with van der Waals surface area (Å²) in [6, 6.07) is 0. The fraction of sp³-hybridized carbons (Fsp3) is 0.792. The van der Waals surface area contributed by atoms with Crippen molar-refractivity contribution in [2.45, 2.75) is 77.8 Å². The van der Waals surface area contributed by atoms with Crippen molar-refractivity contribution >= 4 is 17.7 Å². The van der Waals surface area contributed by atoms with Gasteiger partial charge in [0.1, 0.15) is 12.7 Å². The molecule has 4 saturated carbocycles. The summed E-state index contributed by atoms with van der Waals surface area (Å²) in [6.07, 6.45) is -2.31. The molecule has 4 aliphatic carbocycles. The van der Waals surface area contributed by atoms with E-state index in [1.807, 2.05) is 13.8 Å². The number of hydrogen-bond acceptors (Lipinski definition) is 8. The molecule has 4 aliphatic rings. The molecule has 0 aromatic carbocycles. The van der Waals surface area contributed by atoms with Crippen LogP contribution in [0.5, 0.6) is 0 Å². The highest BCUT2D eigenvalue weighted by molar-refractivity contribution is 6.04. The summed E-state index contributed by atoms with van der Waals surface area (Å²) in [5.74, 6) is -2.79. The molecule has 178 valence electrons. The molecule has 3 N–H and O–H groups in total. The standard InChI is InChI=1S/C24H34O8/c1-11-19-14(27)8-16-22(4)7-6-18(32-13(3)26)23(5,10-31-12(2)25)15(22)9-17(28)24(16,20(11)29)21(19)30/h14-19,21,27-28,30H,1,6-10H2,2-5H3/t14-,15-,16-,17+,18-,19+,21-,22+,23+,24-/m0/s1. The number of esters is 2. The maximum absolute atomic E-state index is 13.4. The van der Waals surface area contributed by atoms with E-state index in [9.17, 15) is 29.7 Å². The predicted octanol–water partition coefficient (Wildman–Crippen LogP) is 1.15. The Morgan fingerprint density at radius 2 is 1.75 bits per heavy atom. The third-order valence-corrected chi connectivity index (χ3v) is 9.36. The van der Waals surface area contributed by atoms with Crippen LogP contribution in [0.2, 0.25) is 0 Å². The highest BCUT2D eigenvalue weighted by Gasteiger charge is 2.76. The van der Waals surface area contributed by atoms with Crippen LogP contribution in [0.15, 0.2) is 12.2 Å². The first kappa shape index (κ1) is 23.4. The molecule has 0 saturated heterocycles. The van der Waals surface area contributed by atoms with E-state index in [0.717, 1.165) is 0 Å². The molecule has 8 nitrogen and oxygen atoms in total. The fourth-order valence-corrected chi connectivity index (χ4v) is 7.98. The largest absolute Gasteiger partial charge is 0.465 e. The number of Topliss-reactive ketones (excluding diaryl/α,β-unsaturated/α-hetero) is 1. The fourth-order valence-electron chi connectivity index (χ4n) is 7.98. The number of rotatable bonds is 3. The first-order chi connectivity index (χ1) is 14.8. The minimum Gasteiger partial charge on any atom is -0.465 e. The molecule has 0 aliphatic heterocycles. The molecule has 0 unspecified atom stereocenters. The van der Waals surface area contributed by atoms with Gasteiger partial charge < -0.3 is 24.8 Å². The summed E-state index contributed by atoms with van der Waals surface area (Å²) in [6.45, 7) is 10.4. The van der Waals surface area contributed by atoms with Gasteiger partial charge in [-0.1, -0.05) is 20.4 Å². The van der Waals surface area contributed by atoms with E-state index in [2.05, 4.69) is 6.58 Å². The molecule has 4 rings (SSSR count). The van der Waals surface area contributed by atoms with Crippen LogP contribution >= 0.6 is 0 Å². The minimum absolute atomic E-state index is 0.00135. The van der Waals surface area contributed by atoms with Gasteiger partial charge in [0.05, 0.1) is 23.7 Å². The molecule has 32 heavy (non-hydrogen) atoms. The summed E-state index contributed by atoms with van der Waals surface area (Å²) >= 11 is 0. The van der Waals surface area contributed by atoms with Crippen molar-refractivity contribution in [3.8, 4) is 0 Å². The van der Waals surface area contributed by atoms with Gasteiger partial charge in [-0.25, -0.2) is 0 Å². The van der Waals surface area contributed by atoms with E-state index in [4.69, 9.17) is 9.47 Å². The van der Waals surface area contributed by atoms with Gasteiger partial charge in [0, 0.05) is 25.2 Å². The second-order valence-corrected chi connectivity index (χ2v) is 10.8. The van der Waals surface area contributed by atoms with Crippen molar-refractivity contribution in [1.82, 2.24) is 0 Å². The molecule has 8 heteroatoms.